The van der Waals surface area contributed by atoms with Gasteiger partial charge in [0.05, 0.1) is 77.7 Å². The molecule has 548 valence electrons. The van der Waals surface area contributed by atoms with Gasteiger partial charge in [0.1, 0.15) is 60.5 Å². The molecule has 0 saturated carbocycles. The molecule has 0 aromatic carbocycles. The second-order valence-electron chi connectivity index (χ2n) is 24.8. The Hall–Kier alpha value is -4.06. The molecule has 0 aliphatic carbocycles. The summed E-state index contributed by atoms with van der Waals surface area (Å²) in [7, 11) is 0. The van der Waals surface area contributed by atoms with Gasteiger partial charge < -0.3 is 141 Å². The molecule has 0 bridgehead atoms. The number of hydrogen-bond donors (Lipinski definition) is 19. The Bertz CT molecular complexity index is 2050. The summed E-state index contributed by atoms with van der Waals surface area (Å²) in [4.78, 5) is 75.7. The van der Waals surface area contributed by atoms with Crippen LogP contribution >= 0.6 is 0 Å². The van der Waals surface area contributed by atoms with Crippen molar-refractivity contribution in [3.63, 3.8) is 0 Å². The molecule has 8 unspecified atom stereocenters. The first-order valence-corrected chi connectivity index (χ1v) is 32.7. The first-order valence-electron chi connectivity index (χ1n) is 32.7. The van der Waals surface area contributed by atoms with Crippen LogP contribution in [0.3, 0.4) is 0 Å². The summed E-state index contributed by atoms with van der Waals surface area (Å²) in [5.74, 6) is -1.53. The van der Waals surface area contributed by atoms with Gasteiger partial charge in [0.25, 0.3) is 0 Å². The molecular formula is C60H111N7O27. The Kier molecular flexibility index (Phi) is 41.4. The van der Waals surface area contributed by atoms with Gasteiger partial charge in [-0.1, -0.05) is 0 Å². The zero-order valence-electron chi connectivity index (χ0n) is 54.7. The Morgan fingerprint density at radius 1 is 0.404 bits per heavy atom. The summed E-state index contributed by atoms with van der Waals surface area (Å²) >= 11 is 0. The van der Waals surface area contributed by atoms with Crippen molar-refractivity contribution in [2.45, 2.75) is 220 Å². The largest absolute Gasteiger partial charge is 0.394 e. The van der Waals surface area contributed by atoms with Gasteiger partial charge in [0, 0.05) is 110 Å². The highest BCUT2D eigenvalue weighted by molar-refractivity contribution is 5.78. The third kappa shape index (κ3) is 33.0. The monoisotopic (exact) mass is 1360 g/mol. The maximum Gasteiger partial charge on any atom is 0.222 e. The van der Waals surface area contributed by atoms with E-state index in [9.17, 15) is 90.0 Å². The van der Waals surface area contributed by atoms with E-state index < -0.39 is 123 Å². The van der Waals surface area contributed by atoms with Gasteiger partial charge in [0.15, 0.2) is 18.9 Å². The predicted octanol–water partition coefficient (Wildman–Crippen LogP) is -6.45. The number of hydrogen-bond acceptors (Lipinski definition) is 28. The van der Waals surface area contributed by atoms with Crippen LogP contribution in [0.25, 0.3) is 0 Å². The van der Waals surface area contributed by atoms with Crippen LogP contribution in [-0.4, -0.2) is 318 Å². The molecule has 0 spiro atoms. The van der Waals surface area contributed by atoms with Crippen molar-refractivity contribution in [2.24, 2.45) is 0 Å². The number of carbonyl (C=O) groups is 6. The second-order valence-corrected chi connectivity index (χ2v) is 24.8. The van der Waals surface area contributed by atoms with Crippen LogP contribution in [0.4, 0.5) is 0 Å². The van der Waals surface area contributed by atoms with Crippen molar-refractivity contribution in [1.82, 2.24) is 37.2 Å². The van der Waals surface area contributed by atoms with Crippen molar-refractivity contribution in [2.75, 3.05) is 125 Å². The van der Waals surface area contributed by atoms with Crippen molar-refractivity contribution in [3.05, 3.63) is 0 Å². The zero-order valence-corrected chi connectivity index (χ0v) is 54.7. The lowest BCUT2D eigenvalue weighted by molar-refractivity contribution is -0.311. The van der Waals surface area contributed by atoms with E-state index in [1.54, 1.807) is 0 Å². The lowest BCUT2D eigenvalue weighted by Gasteiger charge is -2.43. The van der Waals surface area contributed by atoms with E-state index in [4.69, 9.17) is 42.6 Å². The molecule has 34 nitrogen and oxygen atoms in total. The molecule has 3 saturated heterocycles. The molecule has 0 aromatic heterocycles. The van der Waals surface area contributed by atoms with Crippen LogP contribution in [-0.2, 0) is 71.4 Å². The van der Waals surface area contributed by atoms with Gasteiger partial charge >= 0.3 is 0 Å². The molecule has 6 amide bonds. The third-order valence-electron chi connectivity index (χ3n) is 15.3. The lowest BCUT2D eigenvalue weighted by atomic mass is 9.91. The van der Waals surface area contributed by atoms with Crippen LogP contribution in [0.5, 0.6) is 0 Å². The molecule has 94 heavy (non-hydrogen) atoms. The number of rotatable bonds is 50. The van der Waals surface area contributed by atoms with Gasteiger partial charge in [-0.2, -0.15) is 0 Å². The number of aliphatic hydroxyl groups excluding tert-OH is 12. The molecule has 0 aromatic rings. The number of unbranched alkanes of at least 4 members (excludes halogenated alkanes) is 3. The van der Waals surface area contributed by atoms with Crippen LogP contribution in [0, 0.1) is 0 Å². The lowest BCUT2D eigenvalue weighted by Crippen LogP contribution is -2.62. The maximum atomic E-state index is 12.8. The van der Waals surface area contributed by atoms with Crippen LogP contribution in [0.15, 0.2) is 0 Å². The van der Waals surface area contributed by atoms with E-state index in [0.29, 0.717) is 77.4 Å². The summed E-state index contributed by atoms with van der Waals surface area (Å²) in [5, 5.41) is 139. The third-order valence-corrected chi connectivity index (χ3v) is 15.3. The Balaban J connectivity index is 1.39. The highest BCUT2D eigenvalue weighted by Gasteiger charge is 2.48. The summed E-state index contributed by atoms with van der Waals surface area (Å²) in [6, 6.07) is 0. The molecule has 13 atom stereocenters. The number of ether oxygens (including phenoxy) is 9. The summed E-state index contributed by atoms with van der Waals surface area (Å²) in [6.07, 6.45) is -13.4. The van der Waals surface area contributed by atoms with E-state index in [1.807, 2.05) is 20.8 Å². The van der Waals surface area contributed by atoms with Gasteiger partial charge in [-0.3, -0.25) is 28.8 Å². The van der Waals surface area contributed by atoms with E-state index in [-0.39, 0.29) is 159 Å². The summed E-state index contributed by atoms with van der Waals surface area (Å²) in [5.41, 5.74) is -3.02. The molecule has 34 heteroatoms. The minimum absolute atomic E-state index is 0.00237. The normalized spacial score (nSPS) is 26.0. The number of amides is 6. The van der Waals surface area contributed by atoms with E-state index >= 15 is 0 Å². The first kappa shape index (κ1) is 84.2. The maximum absolute atomic E-state index is 12.8. The fourth-order valence-electron chi connectivity index (χ4n) is 10.1. The molecule has 3 aliphatic rings. The zero-order chi connectivity index (χ0) is 69.5. The summed E-state index contributed by atoms with van der Waals surface area (Å²) in [6.45, 7) is 5.46. The van der Waals surface area contributed by atoms with Crippen LogP contribution in [0.1, 0.15) is 124 Å². The molecule has 3 heterocycles. The quantitative estimate of drug-likeness (QED) is 0.0252. The molecule has 3 aliphatic heterocycles. The van der Waals surface area contributed by atoms with Crippen molar-refractivity contribution < 1.29 is 133 Å². The van der Waals surface area contributed by atoms with Gasteiger partial charge in [-0.25, -0.2) is 0 Å². The molecular weight excluding hydrogens is 1250 g/mol. The molecule has 19 N–H and O–H groups in total. The SMILES string of the molecule is CC(C)(C)NC(COCCC(=O)NCCCNC(=O)CCCCO[C@H]1OC(CO)(CO)CC(O)C1O)(COCCC(=O)NCCCNC(=O)CCCCO[C@H]1OC(CO)[C@@H](O)C(O)C1O)COCCC(=O)NCCCNC(=O)CCCCO[C@H]1OC(CO)[C@@H](O)C(O)C1O. The second kappa shape index (κ2) is 46.3. The van der Waals surface area contributed by atoms with Crippen LogP contribution < -0.4 is 37.2 Å². The first-order chi connectivity index (χ1) is 44.8. The average molecular weight is 1360 g/mol. The molecule has 0 radical (unpaired) electrons. The highest BCUT2D eigenvalue weighted by Crippen LogP contribution is 2.30. The highest BCUT2D eigenvalue weighted by atomic mass is 16.7. The predicted molar refractivity (Wildman–Crippen MR) is 329 cm³/mol. The topological polar surface area (TPSA) is 512 Å². The fraction of sp³-hybridized carbons (Fsp3) is 0.900. The summed E-state index contributed by atoms with van der Waals surface area (Å²) < 4.78 is 50.8. The minimum atomic E-state index is -1.55. The van der Waals surface area contributed by atoms with Gasteiger partial charge in [-0.05, 0) is 78.6 Å². The average Bonchev–Trinajstić information content (AvgIpc) is 0.844. The van der Waals surface area contributed by atoms with Crippen molar-refractivity contribution >= 4 is 35.4 Å². The number of aliphatic hydroxyl groups is 12. The smallest absolute Gasteiger partial charge is 0.222 e. The number of nitrogens with one attached hydrogen (secondary N) is 7. The molecule has 3 fully saturated rings. The van der Waals surface area contributed by atoms with Gasteiger partial charge in [-0.15, -0.1) is 0 Å². The van der Waals surface area contributed by atoms with E-state index in [0.717, 1.165) is 0 Å². The van der Waals surface area contributed by atoms with Crippen molar-refractivity contribution in [1.29, 1.82) is 0 Å². The van der Waals surface area contributed by atoms with Gasteiger partial charge in [0.2, 0.25) is 35.4 Å². The van der Waals surface area contributed by atoms with Crippen LogP contribution in [0.2, 0.25) is 0 Å². The standard InChI is InChI=1S/C60H111N7O27/c1-58(2,3)67-59(36-86-28-16-45(76)64-22-10-19-61-42(73)13-4-7-25-89-55-53(84)51(82)49(80)40(32-68)92-55,37-87-29-17-46(77)65-23-11-20-62-43(74)14-5-8-26-90-56-54(85)52(83)50(81)41(33-69)93-56)38-88-30-18-47(78)66-24-12-21-63-44(75)15-6-9-27-91-57-48(79)39(72)31-60(34-70,35-71)94-57/h39-41,48-57,67-72,79-85H,4-38H2,1-3H3,(H,61,73)(H,62,74)(H,63,75)(H,64,76)(H,65,77)(H,66,78)/t39?,40?,41?,48?,49-,50-,51?,52?,53?,54?,55+,56+,57+,59?/m1/s1. The molecule has 3 rings (SSSR count). The van der Waals surface area contributed by atoms with E-state index in [1.165, 1.54) is 0 Å². The fourth-order valence-corrected chi connectivity index (χ4v) is 10.1. The van der Waals surface area contributed by atoms with Crippen molar-refractivity contribution in [3.8, 4) is 0 Å². The minimum Gasteiger partial charge on any atom is -0.394 e. The van der Waals surface area contributed by atoms with E-state index in [2.05, 4.69) is 37.2 Å². The Morgan fingerprint density at radius 3 is 1.03 bits per heavy atom. The number of carbonyl (C=O) groups excluding carboxylic acids is 6. The Labute approximate surface area is 549 Å². The Morgan fingerprint density at radius 2 is 0.723 bits per heavy atom.